The lowest BCUT2D eigenvalue weighted by molar-refractivity contribution is -0.137. The highest BCUT2D eigenvalue weighted by molar-refractivity contribution is 5.28. The smallest absolute Gasteiger partial charge is 0.330 e. The number of rotatable bonds is 5. The van der Waals surface area contributed by atoms with Crippen molar-refractivity contribution in [2.75, 3.05) is 6.54 Å². The number of unbranched alkanes of at least 4 members (excludes halogenated alkanes) is 1. The van der Waals surface area contributed by atoms with Crippen molar-refractivity contribution in [3.05, 3.63) is 35.1 Å². The molecular formula is C12H16F4N2. The van der Waals surface area contributed by atoms with E-state index in [4.69, 9.17) is 11.5 Å². The van der Waals surface area contributed by atoms with E-state index in [2.05, 4.69) is 0 Å². The van der Waals surface area contributed by atoms with E-state index in [-0.39, 0.29) is 5.56 Å². The molecule has 0 bridgehead atoms. The Balaban J connectivity index is 2.79. The van der Waals surface area contributed by atoms with Gasteiger partial charge in [0.2, 0.25) is 0 Å². The van der Waals surface area contributed by atoms with Gasteiger partial charge in [0.05, 0.1) is 5.56 Å². The molecule has 1 aromatic rings. The standard InChI is InChI=1S/C12H16F4N2/c13-10-7-8(12(14,15)16)4-5-9(10)11(18)3-1-2-6-17/h4-5,7,11H,1-3,6,17-18H2/t11-/m0/s1. The molecule has 102 valence electrons. The molecule has 0 heterocycles. The van der Waals surface area contributed by atoms with Gasteiger partial charge in [-0.25, -0.2) is 4.39 Å². The monoisotopic (exact) mass is 264 g/mol. The second-order valence-corrected chi connectivity index (χ2v) is 4.13. The number of halogens is 4. The molecule has 0 aliphatic rings. The minimum absolute atomic E-state index is 0.111. The third kappa shape index (κ3) is 3.96. The summed E-state index contributed by atoms with van der Waals surface area (Å²) >= 11 is 0. The van der Waals surface area contributed by atoms with E-state index in [1.807, 2.05) is 0 Å². The molecule has 1 atom stereocenters. The highest BCUT2D eigenvalue weighted by Crippen LogP contribution is 2.31. The third-order valence-corrected chi connectivity index (χ3v) is 2.70. The van der Waals surface area contributed by atoms with Crippen molar-refractivity contribution in [3.8, 4) is 0 Å². The average molecular weight is 264 g/mol. The molecule has 0 saturated carbocycles. The number of hydrogen-bond acceptors (Lipinski definition) is 2. The third-order valence-electron chi connectivity index (χ3n) is 2.70. The fourth-order valence-corrected chi connectivity index (χ4v) is 1.67. The summed E-state index contributed by atoms with van der Waals surface area (Å²) in [5.74, 6) is -0.912. The van der Waals surface area contributed by atoms with E-state index in [1.165, 1.54) is 0 Å². The van der Waals surface area contributed by atoms with Crippen molar-refractivity contribution in [3.63, 3.8) is 0 Å². The molecule has 0 spiro atoms. The van der Waals surface area contributed by atoms with Crippen LogP contribution in [0.5, 0.6) is 0 Å². The number of nitrogens with two attached hydrogens (primary N) is 2. The molecule has 0 aliphatic carbocycles. The van der Waals surface area contributed by atoms with Crippen LogP contribution in [-0.4, -0.2) is 6.54 Å². The highest BCUT2D eigenvalue weighted by atomic mass is 19.4. The summed E-state index contributed by atoms with van der Waals surface area (Å²) in [6.07, 6.45) is -2.56. The van der Waals surface area contributed by atoms with Gasteiger partial charge >= 0.3 is 6.18 Å². The second-order valence-electron chi connectivity index (χ2n) is 4.13. The second kappa shape index (κ2) is 6.15. The molecule has 1 rings (SSSR count). The predicted molar refractivity (Wildman–Crippen MR) is 61.2 cm³/mol. The van der Waals surface area contributed by atoms with Crippen LogP contribution in [0.1, 0.15) is 36.4 Å². The maximum atomic E-state index is 13.5. The number of benzene rings is 1. The van der Waals surface area contributed by atoms with Crippen LogP contribution in [0.4, 0.5) is 17.6 Å². The lowest BCUT2D eigenvalue weighted by atomic mass is 10.00. The quantitative estimate of drug-likeness (QED) is 0.634. The summed E-state index contributed by atoms with van der Waals surface area (Å²) in [7, 11) is 0. The van der Waals surface area contributed by atoms with Gasteiger partial charge in [0, 0.05) is 11.6 Å². The first-order chi connectivity index (χ1) is 8.36. The molecule has 6 heteroatoms. The summed E-state index contributed by atoms with van der Waals surface area (Å²) in [5.41, 5.74) is 10.2. The van der Waals surface area contributed by atoms with Crippen LogP contribution >= 0.6 is 0 Å². The first kappa shape index (κ1) is 14.9. The van der Waals surface area contributed by atoms with Gasteiger partial charge in [-0.1, -0.05) is 12.5 Å². The minimum atomic E-state index is -4.54. The Hall–Kier alpha value is -1.14. The summed E-state index contributed by atoms with van der Waals surface area (Å²) in [6.45, 7) is 0.516. The highest BCUT2D eigenvalue weighted by Gasteiger charge is 2.31. The maximum absolute atomic E-state index is 13.5. The van der Waals surface area contributed by atoms with E-state index < -0.39 is 23.6 Å². The molecule has 1 aromatic carbocycles. The minimum Gasteiger partial charge on any atom is -0.330 e. The molecule has 0 aliphatic heterocycles. The molecule has 0 saturated heterocycles. The van der Waals surface area contributed by atoms with E-state index in [0.717, 1.165) is 25.0 Å². The SMILES string of the molecule is NCCCC[C@H](N)c1ccc(C(F)(F)F)cc1F. The Morgan fingerprint density at radius 2 is 1.83 bits per heavy atom. The van der Waals surface area contributed by atoms with Crippen molar-refractivity contribution < 1.29 is 17.6 Å². The fraction of sp³-hybridized carbons (Fsp3) is 0.500. The zero-order valence-corrected chi connectivity index (χ0v) is 9.80. The normalized spacial score (nSPS) is 13.7. The van der Waals surface area contributed by atoms with Gasteiger partial charge in [-0.05, 0) is 31.5 Å². The van der Waals surface area contributed by atoms with Crippen LogP contribution in [0, 0.1) is 5.82 Å². The first-order valence-corrected chi connectivity index (χ1v) is 5.68. The Kier molecular flexibility index (Phi) is 5.10. The number of hydrogen-bond donors (Lipinski definition) is 2. The fourth-order valence-electron chi connectivity index (χ4n) is 1.67. The Labute approximate surface area is 103 Å². The predicted octanol–water partition coefficient (Wildman–Crippen LogP) is 2.97. The summed E-state index contributed by atoms with van der Waals surface area (Å²) in [4.78, 5) is 0. The summed E-state index contributed by atoms with van der Waals surface area (Å²) in [5, 5.41) is 0. The van der Waals surface area contributed by atoms with Gasteiger partial charge in [-0.3, -0.25) is 0 Å². The van der Waals surface area contributed by atoms with E-state index in [9.17, 15) is 17.6 Å². The largest absolute Gasteiger partial charge is 0.416 e. The molecule has 0 unspecified atom stereocenters. The van der Waals surface area contributed by atoms with Crippen LogP contribution in [0.15, 0.2) is 18.2 Å². The van der Waals surface area contributed by atoms with Crippen LogP contribution in [0.2, 0.25) is 0 Å². The van der Waals surface area contributed by atoms with E-state index >= 15 is 0 Å². The Morgan fingerprint density at radius 3 is 2.33 bits per heavy atom. The molecule has 4 N–H and O–H groups in total. The van der Waals surface area contributed by atoms with Crippen LogP contribution in [0.3, 0.4) is 0 Å². The van der Waals surface area contributed by atoms with Crippen molar-refractivity contribution in [1.29, 1.82) is 0 Å². The molecular weight excluding hydrogens is 248 g/mol. The lowest BCUT2D eigenvalue weighted by Crippen LogP contribution is -2.14. The molecule has 18 heavy (non-hydrogen) atoms. The lowest BCUT2D eigenvalue weighted by Gasteiger charge is -2.14. The van der Waals surface area contributed by atoms with Crippen molar-refractivity contribution in [2.45, 2.75) is 31.5 Å². The van der Waals surface area contributed by atoms with Crippen LogP contribution < -0.4 is 11.5 Å². The van der Waals surface area contributed by atoms with Gasteiger partial charge in [-0.15, -0.1) is 0 Å². The molecule has 2 nitrogen and oxygen atoms in total. The maximum Gasteiger partial charge on any atom is 0.416 e. The van der Waals surface area contributed by atoms with E-state index in [0.29, 0.717) is 19.0 Å². The molecule has 0 fully saturated rings. The molecule has 0 radical (unpaired) electrons. The molecule has 0 aromatic heterocycles. The molecule has 0 amide bonds. The van der Waals surface area contributed by atoms with Gasteiger partial charge in [0.15, 0.2) is 0 Å². The zero-order valence-electron chi connectivity index (χ0n) is 9.80. The first-order valence-electron chi connectivity index (χ1n) is 5.68. The van der Waals surface area contributed by atoms with Gasteiger partial charge in [0.25, 0.3) is 0 Å². The zero-order chi connectivity index (χ0) is 13.8. The summed E-state index contributed by atoms with van der Waals surface area (Å²) in [6, 6.07) is 1.84. The average Bonchev–Trinajstić information content (AvgIpc) is 2.27. The van der Waals surface area contributed by atoms with Crippen LogP contribution in [-0.2, 0) is 6.18 Å². The topological polar surface area (TPSA) is 52.0 Å². The van der Waals surface area contributed by atoms with Gasteiger partial charge < -0.3 is 11.5 Å². The van der Waals surface area contributed by atoms with Crippen molar-refractivity contribution in [1.82, 2.24) is 0 Å². The van der Waals surface area contributed by atoms with E-state index in [1.54, 1.807) is 0 Å². The Morgan fingerprint density at radius 1 is 1.17 bits per heavy atom. The number of alkyl halides is 3. The van der Waals surface area contributed by atoms with Crippen molar-refractivity contribution >= 4 is 0 Å². The van der Waals surface area contributed by atoms with Gasteiger partial charge in [0.1, 0.15) is 5.82 Å². The summed E-state index contributed by atoms with van der Waals surface area (Å²) < 4.78 is 50.5. The van der Waals surface area contributed by atoms with Crippen molar-refractivity contribution in [2.24, 2.45) is 11.5 Å². The van der Waals surface area contributed by atoms with Gasteiger partial charge in [-0.2, -0.15) is 13.2 Å². The Bertz CT molecular complexity index is 390. The van der Waals surface area contributed by atoms with Crippen LogP contribution in [0.25, 0.3) is 0 Å².